The molecular weight excluding hydrogens is 238 g/mol. The molecular formula is C10H17N5O3. The summed E-state index contributed by atoms with van der Waals surface area (Å²) < 4.78 is 5.97. The van der Waals surface area contributed by atoms with Gasteiger partial charge in [0.25, 0.3) is 0 Å². The molecule has 0 aliphatic carbocycles. The van der Waals surface area contributed by atoms with E-state index < -0.39 is 5.97 Å². The van der Waals surface area contributed by atoms with Crippen LogP contribution in [0.1, 0.15) is 16.2 Å². The number of nitrogens with two attached hydrogens (primary N) is 1. The van der Waals surface area contributed by atoms with Crippen molar-refractivity contribution in [1.82, 2.24) is 19.9 Å². The Morgan fingerprint density at radius 2 is 2.11 bits per heavy atom. The first kappa shape index (κ1) is 14.1. The Labute approximate surface area is 105 Å². The van der Waals surface area contributed by atoms with Gasteiger partial charge >= 0.3 is 5.97 Å². The van der Waals surface area contributed by atoms with E-state index in [2.05, 4.69) is 15.0 Å². The Hall–Kier alpha value is -1.96. The highest BCUT2D eigenvalue weighted by atomic mass is 16.5. The third kappa shape index (κ3) is 3.04. The monoisotopic (exact) mass is 255 g/mol. The van der Waals surface area contributed by atoms with E-state index in [1.807, 2.05) is 0 Å². The van der Waals surface area contributed by atoms with Gasteiger partial charge in [-0.2, -0.15) is 0 Å². The zero-order valence-corrected chi connectivity index (χ0v) is 10.7. The van der Waals surface area contributed by atoms with Crippen LogP contribution < -0.4 is 5.73 Å². The molecule has 2 N–H and O–H groups in total. The molecule has 1 aromatic heterocycles. The van der Waals surface area contributed by atoms with E-state index in [1.54, 1.807) is 14.1 Å². The lowest BCUT2D eigenvalue weighted by atomic mass is 10.2. The van der Waals surface area contributed by atoms with Gasteiger partial charge in [0.1, 0.15) is 6.54 Å². The van der Waals surface area contributed by atoms with Gasteiger partial charge in [0.2, 0.25) is 5.91 Å². The minimum absolute atomic E-state index is 0.0202. The normalized spacial score (nSPS) is 10.2. The molecule has 8 heteroatoms. The lowest BCUT2D eigenvalue weighted by Gasteiger charge is -2.11. The highest BCUT2D eigenvalue weighted by Crippen LogP contribution is 2.08. The van der Waals surface area contributed by atoms with E-state index in [1.165, 1.54) is 16.7 Å². The average Bonchev–Trinajstić information content (AvgIpc) is 2.72. The van der Waals surface area contributed by atoms with Crippen LogP contribution in [0.3, 0.4) is 0 Å². The minimum Gasteiger partial charge on any atom is -0.464 e. The number of carbonyl (C=O) groups is 2. The van der Waals surface area contributed by atoms with Crippen LogP contribution in [0.5, 0.6) is 0 Å². The number of hydrogen-bond donors (Lipinski definition) is 1. The molecule has 1 heterocycles. The largest absolute Gasteiger partial charge is 0.464 e. The quantitative estimate of drug-likeness (QED) is 0.653. The number of nitrogens with zero attached hydrogens (tertiary/aromatic N) is 4. The van der Waals surface area contributed by atoms with Crippen LogP contribution in [-0.4, -0.2) is 59.5 Å². The lowest BCUT2D eigenvalue weighted by molar-refractivity contribution is -0.129. The van der Waals surface area contributed by atoms with E-state index in [-0.39, 0.29) is 18.1 Å². The van der Waals surface area contributed by atoms with Crippen LogP contribution in [0.25, 0.3) is 0 Å². The second kappa shape index (κ2) is 6.10. The molecule has 0 atom stereocenters. The molecule has 0 aromatic carbocycles. The summed E-state index contributed by atoms with van der Waals surface area (Å²) in [6.45, 7) is 0.347. The van der Waals surface area contributed by atoms with Gasteiger partial charge < -0.3 is 15.4 Å². The summed E-state index contributed by atoms with van der Waals surface area (Å²) in [6.07, 6.45) is 0.401. The highest BCUT2D eigenvalue weighted by molar-refractivity contribution is 5.88. The number of rotatable bonds is 5. The summed E-state index contributed by atoms with van der Waals surface area (Å²) in [7, 11) is 4.55. The summed E-state index contributed by atoms with van der Waals surface area (Å²) >= 11 is 0. The van der Waals surface area contributed by atoms with Gasteiger partial charge in [0.05, 0.1) is 12.8 Å². The van der Waals surface area contributed by atoms with Crippen molar-refractivity contribution in [2.24, 2.45) is 5.73 Å². The first-order valence-electron chi connectivity index (χ1n) is 5.42. The molecule has 8 nitrogen and oxygen atoms in total. The number of aromatic nitrogens is 3. The Balaban J connectivity index is 3.01. The average molecular weight is 255 g/mol. The molecule has 0 spiro atoms. The minimum atomic E-state index is -0.581. The van der Waals surface area contributed by atoms with E-state index in [4.69, 9.17) is 5.73 Å². The summed E-state index contributed by atoms with van der Waals surface area (Å²) in [5.41, 5.74) is 6.09. The number of esters is 1. The van der Waals surface area contributed by atoms with Gasteiger partial charge in [-0.1, -0.05) is 5.21 Å². The molecule has 100 valence electrons. The number of hydrogen-bond acceptors (Lipinski definition) is 6. The smallest absolute Gasteiger partial charge is 0.360 e. The van der Waals surface area contributed by atoms with Crippen molar-refractivity contribution in [3.05, 3.63) is 11.4 Å². The summed E-state index contributed by atoms with van der Waals surface area (Å²) in [4.78, 5) is 24.5. The number of carbonyl (C=O) groups excluding carboxylic acids is 2. The Kier molecular flexibility index (Phi) is 4.78. The highest BCUT2D eigenvalue weighted by Gasteiger charge is 2.21. The molecule has 0 radical (unpaired) electrons. The van der Waals surface area contributed by atoms with E-state index in [9.17, 15) is 9.59 Å². The van der Waals surface area contributed by atoms with Crippen molar-refractivity contribution < 1.29 is 14.3 Å². The molecule has 0 aliphatic rings. The van der Waals surface area contributed by atoms with Crippen LogP contribution in [0, 0.1) is 0 Å². The summed E-state index contributed by atoms with van der Waals surface area (Å²) in [5, 5.41) is 7.52. The zero-order valence-electron chi connectivity index (χ0n) is 10.7. The first-order chi connectivity index (χ1) is 8.51. The molecule has 1 amide bonds. The molecule has 0 unspecified atom stereocenters. The molecule has 1 aromatic rings. The fourth-order valence-corrected chi connectivity index (χ4v) is 1.37. The van der Waals surface area contributed by atoms with Crippen LogP contribution >= 0.6 is 0 Å². The topological polar surface area (TPSA) is 103 Å². The SMILES string of the molecule is COC(=O)c1nnn(CC(=O)N(C)C)c1CCN. The maximum Gasteiger partial charge on any atom is 0.360 e. The predicted octanol–water partition coefficient (Wildman–Crippen LogP) is -1.35. The van der Waals surface area contributed by atoms with Gasteiger partial charge in [-0.15, -0.1) is 5.10 Å². The van der Waals surface area contributed by atoms with Gasteiger partial charge in [-0.3, -0.25) is 4.79 Å². The number of likely N-dealkylation sites (N-methyl/N-ethyl adjacent to an activating group) is 1. The number of amides is 1. The Morgan fingerprint density at radius 1 is 1.44 bits per heavy atom. The molecule has 0 aliphatic heterocycles. The van der Waals surface area contributed by atoms with Crippen LogP contribution in [-0.2, 0) is 22.5 Å². The number of methoxy groups -OCH3 is 1. The van der Waals surface area contributed by atoms with Gasteiger partial charge in [-0.25, -0.2) is 9.48 Å². The molecule has 0 saturated carbocycles. The Bertz CT molecular complexity index is 441. The molecule has 18 heavy (non-hydrogen) atoms. The maximum atomic E-state index is 11.6. The lowest BCUT2D eigenvalue weighted by Crippen LogP contribution is -2.28. The predicted molar refractivity (Wildman–Crippen MR) is 62.8 cm³/mol. The fraction of sp³-hybridized carbons (Fsp3) is 0.600. The summed E-state index contributed by atoms with van der Waals surface area (Å²) in [5.74, 6) is -0.725. The molecule has 0 bridgehead atoms. The van der Waals surface area contributed by atoms with Crippen molar-refractivity contribution in [3.8, 4) is 0 Å². The second-order valence-electron chi connectivity index (χ2n) is 3.86. The standard InChI is InChI=1S/C10H17N5O3/c1-14(2)8(16)6-15-7(4-5-11)9(12-13-15)10(17)18-3/h4-6,11H2,1-3H3. The molecule has 0 saturated heterocycles. The van der Waals surface area contributed by atoms with Crippen molar-refractivity contribution in [2.75, 3.05) is 27.7 Å². The van der Waals surface area contributed by atoms with Gasteiger partial charge in [0, 0.05) is 20.5 Å². The first-order valence-corrected chi connectivity index (χ1v) is 5.42. The van der Waals surface area contributed by atoms with Gasteiger partial charge in [-0.05, 0) is 6.54 Å². The van der Waals surface area contributed by atoms with Crippen molar-refractivity contribution in [3.63, 3.8) is 0 Å². The van der Waals surface area contributed by atoms with Gasteiger partial charge in [0.15, 0.2) is 5.69 Å². The second-order valence-corrected chi connectivity index (χ2v) is 3.86. The summed E-state index contributed by atoms with van der Waals surface area (Å²) in [6, 6.07) is 0. The Morgan fingerprint density at radius 3 is 2.61 bits per heavy atom. The van der Waals surface area contributed by atoms with Crippen molar-refractivity contribution in [1.29, 1.82) is 0 Å². The van der Waals surface area contributed by atoms with Crippen molar-refractivity contribution in [2.45, 2.75) is 13.0 Å². The molecule has 0 fully saturated rings. The van der Waals surface area contributed by atoms with Crippen LogP contribution in [0.15, 0.2) is 0 Å². The van der Waals surface area contributed by atoms with Crippen LogP contribution in [0.2, 0.25) is 0 Å². The van der Waals surface area contributed by atoms with E-state index in [0.29, 0.717) is 18.7 Å². The third-order valence-electron chi connectivity index (χ3n) is 2.38. The maximum absolute atomic E-state index is 11.6. The van der Waals surface area contributed by atoms with E-state index >= 15 is 0 Å². The number of ether oxygens (including phenoxy) is 1. The fourth-order valence-electron chi connectivity index (χ4n) is 1.37. The zero-order chi connectivity index (χ0) is 13.7. The molecule has 1 rings (SSSR count). The van der Waals surface area contributed by atoms with E-state index in [0.717, 1.165) is 0 Å². The van der Waals surface area contributed by atoms with Crippen LogP contribution in [0.4, 0.5) is 0 Å². The van der Waals surface area contributed by atoms with Crippen molar-refractivity contribution >= 4 is 11.9 Å². The third-order valence-corrected chi connectivity index (χ3v) is 2.38.